The summed E-state index contributed by atoms with van der Waals surface area (Å²) in [5, 5.41) is 4.32. The Bertz CT molecular complexity index is 783. The van der Waals surface area contributed by atoms with Crippen LogP contribution in [0.4, 0.5) is 10.1 Å². The predicted octanol–water partition coefficient (Wildman–Crippen LogP) is 4.68. The number of anilines is 1. The van der Waals surface area contributed by atoms with Gasteiger partial charge >= 0.3 is 0 Å². The molecule has 1 aliphatic heterocycles. The summed E-state index contributed by atoms with van der Waals surface area (Å²) in [6.07, 6.45) is 5.58. The number of aliphatic imine (C=N–C) groups is 1. The van der Waals surface area contributed by atoms with Gasteiger partial charge < -0.3 is 4.90 Å². The molecule has 2 heterocycles. The van der Waals surface area contributed by atoms with Crippen LogP contribution < -0.4 is 4.90 Å². The fourth-order valence-corrected chi connectivity index (χ4v) is 4.08. The molecule has 1 unspecified atom stereocenters. The maximum atomic E-state index is 15.0. The smallest absolute Gasteiger partial charge is 0.152 e. The minimum absolute atomic E-state index is 0.112. The van der Waals surface area contributed by atoms with Crippen molar-refractivity contribution >= 4 is 39.4 Å². The summed E-state index contributed by atoms with van der Waals surface area (Å²) in [7, 11) is 3.47. The molecular formula is C17H19BrClFN4. The van der Waals surface area contributed by atoms with Gasteiger partial charge in [0.15, 0.2) is 5.82 Å². The van der Waals surface area contributed by atoms with Crippen molar-refractivity contribution in [1.29, 1.82) is 0 Å². The van der Waals surface area contributed by atoms with Crippen LogP contribution in [0.15, 0.2) is 21.7 Å². The number of nitrogens with zero attached hydrogens (tertiary/aromatic N) is 4. The number of hydrogen-bond donors (Lipinski definition) is 0. The molecule has 24 heavy (non-hydrogen) atoms. The highest BCUT2D eigenvalue weighted by molar-refractivity contribution is 9.10. The van der Waals surface area contributed by atoms with Gasteiger partial charge in [0.05, 0.1) is 21.4 Å². The molecule has 1 fully saturated rings. The minimum Gasteiger partial charge on any atom is -0.368 e. The first kappa shape index (κ1) is 17.4. The number of benzene rings is 1. The Morgan fingerprint density at radius 1 is 1.50 bits per heavy atom. The minimum atomic E-state index is -0.452. The van der Waals surface area contributed by atoms with Gasteiger partial charge in [0, 0.05) is 49.7 Å². The third kappa shape index (κ3) is 2.86. The summed E-state index contributed by atoms with van der Waals surface area (Å²) >= 11 is 9.71. The first-order chi connectivity index (χ1) is 11.5. The molecule has 0 saturated carbocycles. The highest BCUT2D eigenvalue weighted by atomic mass is 79.9. The fourth-order valence-electron chi connectivity index (χ4n) is 3.34. The second kappa shape index (κ2) is 6.84. The van der Waals surface area contributed by atoms with Crippen LogP contribution in [0.5, 0.6) is 0 Å². The second-order valence-corrected chi connectivity index (χ2v) is 7.28. The van der Waals surface area contributed by atoms with Gasteiger partial charge in [0.2, 0.25) is 0 Å². The van der Waals surface area contributed by atoms with E-state index in [0.717, 1.165) is 35.1 Å². The van der Waals surface area contributed by atoms with Gasteiger partial charge in [-0.15, -0.1) is 0 Å². The molecule has 4 nitrogen and oxygen atoms in total. The van der Waals surface area contributed by atoms with Gasteiger partial charge in [-0.25, -0.2) is 4.39 Å². The number of rotatable bonds is 3. The Labute approximate surface area is 154 Å². The van der Waals surface area contributed by atoms with E-state index in [9.17, 15) is 4.39 Å². The number of halogens is 3. The van der Waals surface area contributed by atoms with E-state index in [1.807, 2.05) is 0 Å². The van der Waals surface area contributed by atoms with Crippen LogP contribution in [0.25, 0.3) is 11.3 Å². The summed E-state index contributed by atoms with van der Waals surface area (Å²) in [4.78, 5) is 6.43. The monoisotopic (exact) mass is 412 g/mol. The summed E-state index contributed by atoms with van der Waals surface area (Å²) in [5.41, 5.74) is 2.73. The molecule has 3 rings (SSSR count). The summed E-state index contributed by atoms with van der Waals surface area (Å²) in [6.45, 7) is 3.11. The van der Waals surface area contributed by atoms with Crippen molar-refractivity contribution in [1.82, 2.24) is 9.78 Å². The maximum absolute atomic E-state index is 15.0. The van der Waals surface area contributed by atoms with Gasteiger partial charge in [-0.3, -0.25) is 9.67 Å². The first-order valence-electron chi connectivity index (χ1n) is 7.84. The standard InChI is InChI=1S/C17H19BrClFN4/c1-10-5-4-6-24(10)14-7-13(19)16(20)15(11(14)8-21-2)17-12(18)9-22-23(17)3/h7-10H,4-6H2,1-3H3. The summed E-state index contributed by atoms with van der Waals surface area (Å²) in [5.74, 6) is -0.452. The van der Waals surface area contributed by atoms with Crippen molar-refractivity contribution in [2.45, 2.75) is 25.8 Å². The normalized spacial score (nSPS) is 18.1. The molecule has 1 saturated heterocycles. The molecule has 1 aliphatic rings. The van der Waals surface area contributed by atoms with Crippen molar-refractivity contribution < 1.29 is 4.39 Å². The average molecular weight is 414 g/mol. The van der Waals surface area contributed by atoms with Gasteiger partial charge in [-0.2, -0.15) is 5.10 Å². The van der Waals surface area contributed by atoms with Crippen LogP contribution in [-0.2, 0) is 7.05 Å². The predicted molar refractivity (Wildman–Crippen MR) is 101 cm³/mol. The SMILES string of the molecule is CN=Cc1c(N2CCCC2C)cc(Cl)c(F)c1-c1c(Br)cnn1C. The molecule has 0 N–H and O–H groups in total. The summed E-state index contributed by atoms with van der Waals surface area (Å²) in [6, 6.07) is 2.10. The molecule has 1 aromatic carbocycles. The molecule has 0 bridgehead atoms. The van der Waals surface area contributed by atoms with Gasteiger partial charge in [0.1, 0.15) is 0 Å². The third-order valence-corrected chi connectivity index (χ3v) is 5.34. The lowest BCUT2D eigenvalue weighted by Crippen LogP contribution is -2.27. The van der Waals surface area contributed by atoms with Crippen molar-refractivity contribution in [3.05, 3.63) is 33.1 Å². The second-order valence-electron chi connectivity index (χ2n) is 6.02. The Hall–Kier alpha value is -1.40. The molecule has 0 aliphatic carbocycles. The molecule has 0 spiro atoms. The zero-order chi connectivity index (χ0) is 17.4. The molecule has 7 heteroatoms. The topological polar surface area (TPSA) is 33.4 Å². The Balaban J connectivity index is 2.33. The van der Waals surface area contributed by atoms with E-state index >= 15 is 0 Å². The molecule has 128 valence electrons. The molecule has 1 atom stereocenters. The highest BCUT2D eigenvalue weighted by Gasteiger charge is 2.28. The van der Waals surface area contributed by atoms with Crippen molar-refractivity contribution in [3.63, 3.8) is 0 Å². The van der Waals surface area contributed by atoms with E-state index in [1.54, 1.807) is 37.3 Å². The van der Waals surface area contributed by atoms with E-state index in [0.29, 0.717) is 17.3 Å². The van der Waals surface area contributed by atoms with E-state index < -0.39 is 5.82 Å². The maximum Gasteiger partial charge on any atom is 0.152 e. The Morgan fingerprint density at radius 3 is 2.79 bits per heavy atom. The van der Waals surface area contributed by atoms with Gasteiger partial charge in [0.25, 0.3) is 0 Å². The van der Waals surface area contributed by atoms with Crippen molar-refractivity contribution in [3.8, 4) is 11.3 Å². The molecule has 0 radical (unpaired) electrons. The number of hydrogen-bond acceptors (Lipinski definition) is 3. The van der Waals surface area contributed by atoms with Crippen LogP contribution in [-0.4, -0.2) is 35.6 Å². The van der Waals surface area contributed by atoms with Crippen LogP contribution in [0.2, 0.25) is 5.02 Å². The number of aromatic nitrogens is 2. The molecular weight excluding hydrogens is 395 g/mol. The third-order valence-electron chi connectivity index (χ3n) is 4.49. The number of aryl methyl sites for hydroxylation is 1. The van der Waals surface area contributed by atoms with Gasteiger partial charge in [-0.1, -0.05) is 11.6 Å². The van der Waals surface area contributed by atoms with Crippen LogP contribution >= 0.6 is 27.5 Å². The van der Waals surface area contributed by atoms with Crippen molar-refractivity contribution in [2.75, 3.05) is 18.5 Å². The highest BCUT2D eigenvalue weighted by Crippen LogP contribution is 2.41. The average Bonchev–Trinajstić information content (AvgIpc) is 3.10. The van der Waals surface area contributed by atoms with E-state index in [1.165, 1.54) is 0 Å². The van der Waals surface area contributed by atoms with Gasteiger partial charge in [-0.05, 0) is 41.8 Å². The molecule has 1 aromatic heterocycles. The van der Waals surface area contributed by atoms with E-state index in [2.05, 4.69) is 37.8 Å². The first-order valence-corrected chi connectivity index (χ1v) is 9.01. The van der Waals surface area contributed by atoms with Crippen molar-refractivity contribution in [2.24, 2.45) is 12.0 Å². The zero-order valence-corrected chi connectivity index (χ0v) is 16.2. The lowest BCUT2D eigenvalue weighted by Gasteiger charge is -2.27. The van der Waals surface area contributed by atoms with E-state index in [-0.39, 0.29) is 5.02 Å². The summed E-state index contributed by atoms with van der Waals surface area (Å²) < 4.78 is 17.4. The lowest BCUT2D eigenvalue weighted by atomic mass is 10.0. The Kier molecular flexibility index (Phi) is 4.97. The molecule has 0 amide bonds. The van der Waals surface area contributed by atoms with Crippen LogP contribution in [0, 0.1) is 5.82 Å². The molecule has 2 aromatic rings. The largest absolute Gasteiger partial charge is 0.368 e. The van der Waals surface area contributed by atoms with E-state index in [4.69, 9.17) is 11.6 Å². The van der Waals surface area contributed by atoms with Crippen LogP contribution in [0.3, 0.4) is 0 Å². The Morgan fingerprint density at radius 2 is 2.25 bits per heavy atom. The fraction of sp³-hybridized carbons (Fsp3) is 0.412. The quantitative estimate of drug-likeness (QED) is 0.685. The zero-order valence-electron chi connectivity index (χ0n) is 13.9. The lowest BCUT2D eigenvalue weighted by molar-refractivity contribution is 0.627. The van der Waals surface area contributed by atoms with Crippen LogP contribution in [0.1, 0.15) is 25.3 Å².